The molecule has 3 rings (SSSR count). The van der Waals surface area contributed by atoms with Crippen molar-refractivity contribution in [2.75, 3.05) is 19.7 Å². The third kappa shape index (κ3) is 4.08. The van der Waals surface area contributed by atoms with Crippen LogP contribution in [-0.2, 0) is 15.7 Å². The van der Waals surface area contributed by atoms with Crippen LogP contribution in [0, 0.1) is 0 Å². The number of hydrogen-bond acceptors (Lipinski definition) is 6. The SMILES string of the molecule is O=C1CCCN1C[C@H]1OC[C@H](Oc2cccc(C(F)(F)F)n2)[C@@H](O)[C@H]1O. The zero-order valence-corrected chi connectivity index (χ0v) is 13.7. The molecular weight excluding hydrogens is 357 g/mol. The second-order valence-electron chi connectivity index (χ2n) is 6.31. The lowest BCUT2D eigenvalue weighted by atomic mass is 9.99. The number of carbonyl (C=O) groups is 1. The molecule has 2 aliphatic rings. The largest absolute Gasteiger partial charge is 0.469 e. The summed E-state index contributed by atoms with van der Waals surface area (Å²) in [7, 11) is 0. The van der Waals surface area contributed by atoms with Crippen LogP contribution in [0.15, 0.2) is 18.2 Å². The molecule has 2 fully saturated rings. The van der Waals surface area contributed by atoms with Crippen LogP contribution in [0.3, 0.4) is 0 Å². The highest BCUT2D eigenvalue weighted by Gasteiger charge is 2.42. The average molecular weight is 376 g/mol. The van der Waals surface area contributed by atoms with Crippen molar-refractivity contribution in [3.8, 4) is 5.88 Å². The number of halogens is 3. The zero-order chi connectivity index (χ0) is 18.9. The van der Waals surface area contributed by atoms with E-state index in [9.17, 15) is 28.2 Å². The molecule has 3 heterocycles. The van der Waals surface area contributed by atoms with E-state index in [1.807, 2.05) is 0 Å². The van der Waals surface area contributed by atoms with Crippen molar-refractivity contribution in [1.82, 2.24) is 9.88 Å². The molecule has 0 aliphatic carbocycles. The smallest absolute Gasteiger partial charge is 0.433 e. The van der Waals surface area contributed by atoms with Gasteiger partial charge in [0.15, 0.2) is 6.10 Å². The first-order valence-electron chi connectivity index (χ1n) is 8.22. The van der Waals surface area contributed by atoms with Gasteiger partial charge < -0.3 is 24.6 Å². The number of aromatic nitrogens is 1. The lowest BCUT2D eigenvalue weighted by Crippen LogP contribution is -2.57. The summed E-state index contributed by atoms with van der Waals surface area (Å²) in [5, 5.41) is 20.5. The third-order valence-electron chi connectivity index (χ3n) is 4.44. The molecule has 26 heavy (non-hydrogen) atoms. The fourth-order valence-electron chi connectivity index (χ4n) is 3.03. The Morgan fingerprint density at radius 3 is 2.73 bits per heavy atom. The summed E-state index contributed by atoms with van der Waals surface area (Å²) in [6.07, 6.45) is -8.03. The van der Waals surface area contributed by atoms with E-state index in [2.05, 4.69) is 4.98 Å². The van der Waals surface area contributed by atoms with Gasteiger partial charge in [-0.15, -0.1) is 0 Å². The molecule has 1 amide bonds. The standard InChI is InChI=1S/C16H19F3N2O5/c17-16(18,19)11-3-1-4-12(20-11)26-10-8-25-9(14(23)15(10)24)7-21-6-2-5-13(21)22/h1,3-4,9-10,14-15,23-24H,2,5-8H2/t9-,10+,14+,15-/m1/s1. The highest BCUT2D eigenvalue weighted by Crippen LogP contribution is 2.29. The summed E-state index contributed by atoms with van der Waals surface area (Å²) in [5.74, 6) is -0.366. The normalized spacial score (nSPS) is 29.9. The van der Waals surface area contributed by atoms with Crippen molar-refractivity contribution >= 4 is 5.91 Å². The Bertz CT molecular complexity index is 657. The van der Waals surface area contributed by atoms with Crippen LogP contribution in [-0.4, -0.2) is 70.1 Å². The Morgan fingerprint density at radius 2 is 2.08 bits per heavy atom. The molecule has 0 unspecified atom stereocenters. The molecule has 0 saturated carbocycles. The maximum Gasteiger partial charge on any atom is 0.433 e. The third-order valence-corrected chi connectivity index (χ3v) is 4.44. The van der Waals surface area contributed by atoms with E-state index in [1.54, 1.807) is 4.90 Å². The number of alkyl halides is 3. The van der Waals surface area contributed by atoms with E-state index in [4.69, 9.17) is 9.47 Å². The molecule has 0 aromatic carbocycles. The van der Waals surface area contributed by atoms with Crippen LogP contribution in [0.25, 0.3) is 0 Å². The molecule has 0 radical (unpaired) electrons. The Kier molecular flexibility index (Phi) is 5.35. The molecule has 2 saturated heterocycles. The van der Waals surface area contributed by atoms with E-state index < -0.39 is 36.3 Å². The van der Waals surface area contributed by atoms with Gasteiger partial charge in [0.05, 0.1) is 6.61 Å². The predicted octanol–water partition coefficient (Wildman–Crippen LogP) is 0.591. The Balaban J connectivity index is 1.62. The van der Waals surface area contributed by atoms with Gasteiger partial charge in [-0.05, 0) is 12.5 Å². The fourth-order valence-corrected chi connectivity index (χ4v) is 3.03. The van der Waals surface area contributed by atoms with E-state index >= 15 is 0 Å². The van der Waals surface area contributed by atoms with Crippen LogP contribution in [0.2, 0.25) is 0 Å². The first kappa shape index (κ1) is 18.9. The van der Waals surface area contributed by atoms with Gasteiger partial charge in [0.1, 0.15) is 24.0 Å². The highest BCUT2D eigenvalue weighted by atomic mass is 19.4. The Labute approximate surface area is 147 Å². The second kappa shape index (κ2) is 7.37. The number of hydrogen-bond donors (Lipinski definition) is 2. The van der Waals surface area contributed by atoms with Gasteiger partial charge in [-0.2, -0.15) is 13.2 Å². The minimum absolute atomic E-state index is 0.0400. The number of carbonyl (C=O) groups excluding carboxylic acids is 1. The van der Waals surface area contributed by atoms with Gasteiger partial charge in [0.2, 0.25) is 11.8 Å². The van der Waals surface area contributed by atoms with E-state index in [0.29, 0.717) is 13.0 Å². The number of ether oxygens (including phenoxy) is 2. The number of nitrogens with zero attached hydrogens (tertiary/aromatic N) is 2. The summed E-state index contributed by atoms with van der Waals surface area (Å²) in [6.45, 7) is 0.560. The van der Waals surface area contributed by atoms with E-state index in [-0.39, 0.29) is 24.9 Å². The summed E-state index contributed by atoms with van der Waals surface area (Å²) in [5.41, 5.74) is -1.12. The van der Waals surface area contributed by atoms with Gasteiger partial charge in [-0.1, -0.05) is 6.07 Å². The summed E-state index contributed by atoms with van der Waals surface area (Å²) in [4.78, 5) is 16.6. The maximum atomic E-state index is 12.7. The molecule has 1 aromatic heterocycles. The van der Waals surface area contributed by atoms with E-state index in [1.165, 1.54) is 6.07 Å². The maximum absolute atomic E-state index is 12.7. The zero-order valence-electron chi connectivity index (χ0n) is 13.7. The minimum Gasteiger partial charge on any atom is -0.469 e. The van der Waals surface area contributed by atoms with Crippen LogP contribution >= 0.6 is 0 Å². The number of rotatable bonds is 4. The van der Waals surface area contributed by atoms with Crippen LogP contribution in [0.4, 0.5) is 13.2 Å². The van der Waals surface area contributed by atoms with Gasteiger partial charge in [0.25, 0.3) is 0 Å². The van der Waals surface area contributed by atoms with Crippen molar-refractivity contribution in [2.24, 2.45) is 0 Å². The second-order valence-corrected chi connectivity index (χ2v) is 6.31. The number of aliphatic hydroxyl groups excluding tert-OH is 2. The monoisotopic (exact) mass is 376 g/mol. The van der Waals surface area contributed by atoms with Gasteiger partial charge >= 0.3 is 6.18 Å². The minimum atomic E-state index is -4.62. The number of likely N-dealkylation sites (tertiary alicyclic amines) is 1. The number of aliphatic hydroxyl groups is 2. The molecule has 7 nitrogen and oxygen atoms in total. The van der Waals surface area contributed by atoms with E-state index in [0.717, 1.165) is 18.6 Å². The molecule has 0 bridgehead atoms. The first-order chi connectivity index (χ1) is 12.3. The molecule has 2 N–H and O–H groups in total. The van der Waals surface area contributed by atoms with Crippen molar-refractivity contribution in [1.29, 1.82) is 0 Å². The van der Waals surface area contributed by atoms with Crippen LogP contribution < -0.4 is 4.74 Å². The van der Waals surface area contributed by atoms with Crippen molar-refractivity contribution < 1.29 is 37.7 Å². The lowest BCUT2D eigenvalue weighted by Gasteiger charge is -2.38. The summed E-state index contributed by atoms with van der Waals surface area (Å²) >= 11 is 0. The van der Waals surface area contributed by atoms with Crippen molar-refractivity contribution in [2.45, 2.75) is 43.4 Å². The van der Waals surface area contributed by atoms with Gasteiger partial charge in [-0.25, -0.2) is 4.98 Å². The molecule has 10 heteroatoms. The molecular formula is C16H19F3N2O5. The first-order valence-corrected chi connectivity index (χ1v) is 8.22. The van der Waals surface area contributed by atoms with Crippen LogP contribution in [0.5, 0.6) is 5.88 Å². The van der Waals surface area contributed by atoms with Gasteiger partial charge in [-0.3, -0.25) is 4.79 Å². The van der Waals surface area contributed by atoms with Crippen LogP contribution in [0.1, 0.15) is 18.5 Å². The van der Waals surface area contributed by atoms with Crippen molar-refractivity contribution in [3.63, 3.8) is 0 Å². The Morgan fingerprint density at radius 1 is 1.31 bits per heavy atom. The quantitative estimate of drug-likeness (QED) is 0.799. The fraction of sp³-hybridized carbons (Fsp3) is 0.625. The summed E-state index contributed by atoms with van der Waals surface area (Å²) < 4.78 is 48.9. The predicted molar refractivity (Wildman–Crippen MR) is 81.2 cm³/mol. The molecule has 2 aliphatic heterocycles. The highest BCUT2D eigenvalue weighted by molar-refractivity contribution is 5.78. The molecule has 1 aromatic rings. The lowest BCUT2D eigenvalue weighted by molar-refractivity contribution is -0.185. The molecule has 0 spiro atoms. The molecule has 4 atom stereocenters. The average Bonchev–Trinajstić information content (AvgIpc) is 2.99. The number of pyridine rings is 1. The van der Waals surface area contributed by atoms with Crippen molar-refractivity contribution in [3.05, 3.63) is 23.9 Å². The Hall–Kier alpha value is -1.91. The topological polar surface area (TPSA) is 92.1 Å². The number of amides is 1. The summed E-state index contributed by atoms with van der Waals surface area (Å²) in [6, 6.07) is 3.17. The molecule has 144 valence electrons. The van der Waals surface area contributed by atoms with Gasteiger partial charge in [0, 0.05) is 25.6 Å².